The third kappa shape index (κ3) is 4.20. The second kappa shape index (κ2) is 7.57. The number of hydrazone groups is 1. The maximum absolute atomic E-state index is 11.8. The van der Waals surface area contributed by atoms with Gasteiger partial charge in [-0.2, -0.15) is 5.10 Å². The van der Waals surface area contributed by atoms with Gasteiger partial charge >= 0.3 is 0 Å². The molecule has 0 spiro atoms. The summed E-state index contributed by atoms with van der Waals surface area (Å²) in [7, 11) is 1.59. The van der Waals surface area contributed by atoms with E-state index >= 15 is 0 Å². The highest BCUT2D eigenvalue weighted by Gasteiger charge is 2.14. The van der Waals surface area contributed by atoms with Crippen LogP contribution in [0.25, 0.3) is 0 Å². The predicted octanol–water partition coefficient (Wildman–Crippen LogP) is 2.34. The van der Waals surface area contributed by atoms with Crippen molar-refractivity contribution in [3.05, 3.63) is 48.0 Å². The highest BCUT2D eigenvalue weighted by Crippen LogP contribution is 2.32. The van der Waals surface area contributed by atoms with Gasteiger partial charge in [0.25, 0.3) is 5.91 Å². The molecular formula is C18H18N2O5. The summed E-state index contributed by atoms with van der Waals surface area (Å²) in [6.07, 6.45) is 0. The Kier molecular flexibility index (Phi) is 5.03. The van der Waals surface area contributed by atoms with E-state index in [2.05, 4.69) is 10.5 Å². The first-order valence-electron chi connectivity index (χ1n) is 7.66. The van der Waals surface area contributed by atoms with Gasteiger partial charge in [0, 0.05) is 5.56 Å². The Bertz CT molecular complexity index is 787. The first-order chi connectivity index (χ1) is 12.2. The van der Waals surface area contributed by atoms with Crippen LogP contribution in [0.2, 0.25) is 0 Å². The van der Waals surface area contributed by atoms with Crippen LogP contribution in [0.5, 0.6) is 23.0 Å². The van der Waals surface area contributed by atoms with E-state index in [9.17, 15) is 4.79 Å². The number of carbonyl (C=O) groups excluding carboxylic acids is 1. The molecule has 0 saturated heterocycles. The largest absolute Gasteiger partial charge is 0.497 e. The lowest BCUT2D eigenvalue weighted by molar-refractivity contribution is -0.123. The molecule has 7 heteroatoms. The Morgan fingerprint density at radius 2 is 1.84 bits per heavy atom. The fraction of sp³-hybridized carbons (Fsp3) is 0.222. The van der Waals surface area contributed by atoms with Gasteiger partial charge < -0.3 is 18.9 Å². The molecule has 25 heavy (non-hydrogen) atoms. The maximum atomic E-state index is 11.8. The number of fused-ring (bicyclic) bond motifs is 1. The molecule has 3 rings (SSSR count). The summed E-state index contributed by atoms with van der Waals surface area (Å²) >= 11 is 0. The SMILES string of the molecule is COc1ccc(OCC(=O)N/N=C(\C)c2ccc3c(c2)OCO3)cc1. The molecule has 0 atom stereocenters. The van der Waals surface area contributed by atoms with E-state index in [4.69, 9.17) is 18.9 Å². The molecule has 2 aromatic carbocycles. The third-order valence-corrected chi connectivity index (χ3v) is 3.57. The molecule has 7 nitrogen and oxygen atoms in total. The smallest absolute Gasteiger partial charge is 0.277 e. The Balaban J connectivity index is 1.52. The van der Waals surface area contributed by atoms with Gasteiger partial charge in [-0.3, -0.25) is 4.79 Å². The molecule has 1 heterocycles. The molecule has 1 aliphatic rings. The quantitative estimate of drug-likeness (QED) is 0.644. The zero-order valence-electron chi connectivity index (χ0n) is 13.9. The summed E-state index contributed by atoms with van der Waals surface area (Å²) in [6, 6.07) is 12.5. The minimum absolute atomic E-state index is 0.135. The third-order valence-electron chi connectivity index (χ3n) is 3.57. The number of methoxy groups -OCH3 is 1. The van der Waals surface area contributed by atoms with Crippen molar-refractivity contribution in [1.29, 1.82) is 0 Å². The second-order valence-electron chi connectivity index (χ2n) is 5.26. The van der Waals surface area contributed by atoms with Gasteiger partial charge in [0.05, 0.1) is 12.8 Å². The van der Waals surface area contributed by atoms with Gasteiger partial charge in [0.2, 0.25) is 6.79 Å². The van der Waals surface area contributed by atoms with Crippen LogP contribution in [0.3, 0.4) is 0 Å². The number of carbonyl (C=O) groups is 1. The van der Waals surface area contributed by atoms with E-state index in [0.717, 1.165) is 11.3 Å². The van der Waals surface area contributed by atoms with E-state index in [0.29, 0.717) is 23.0 Å². The fourth-order valence-electron chi connectivity index (χ4n) is 2.19. The summed E-state index contributed by atoms with van der Waals surface area (Å²) in [5.41, 5.74) is 3.95. The molecule has 0 bridgehead atoms. The van der Waals surface area contributed by atoms with Crippen molar-refractivity contribution in [2.45, 2.75) is 6.92 Å². The van der Waals surface area contributed by atoms with E-state index in [1.54, 1.807) is 38.3 Å². The molecule has 1 aliphatic heterocycles. The number of hydrogen-bond donors (Lipinski definition) is 1. The van der Waals surface area contributed by atoms with Gasteiger partial charge in [-0.15, -0.1) is 0 Å². The van der Waals surface area contributed by atoms with Crippen molar-refractivity contribution in [1.82, 2.24) is 5.43 Å². The van der Waals surface area contributed by atoms with Gasteiger partial charge in [-0.25, -0.2) is 5.43 Å². The molecule has 0 aromatic heterocycles. The van der Waals surface area contributed by atoms with Crippen molar-refractivity contribution in [2.75, 3.05) is 20.5 Å². The van der Waals surface area contributed by atoms with Crippen LogP contribution < -0.4 is 24.4 Å². The molecule has 0 unspecified atom stereocenters. The van der Waals surface area contributed by atoms with Crippen LogP contribution in [0.15, 0.2) is 47.6 Å². The van der Waals surface area contributed by atoms with Gasteiger partial charge in [-0.05, 0) is 49.4 Å². The minimum Gasteiger partial charge on any atom is -0.497 e. The molecule has 1 N–H and O–H groups in total. The number of ether oxygens (including phenoxy) is 4. The molecule has 0 radical (unpaired) electrons. The second-order valence-corrected chi connectivity index (χ2v) is 5.26. The van der Waals surface area contributed by atoms with Crippen LogP contribution >= 0.6 is 0 Å². The zero-order valence-corrected chi connectivity index (χ0v) is 13.9. The average Bonchev–Trinajstić information content (AvgIpc) is 3.12. The topological polar surface area (TPSA) is 78.4 Å². The maximum Gasteiger partial charge on any atom is 0.277 e. The molecule has 2 aromatic rings. The van der Waals surface area contributed by atoms with E-state index in [1.807, 2.05) is 18.2 Å². The van der Waals surface area contributed by atoms with Gasteiger partial charge in [0.1, 0.15) is 11.5 Å². The van der Waals surface area contributed by atoms with E-state index < -0.39 is 0 Å². The number of nitrogens with one attached hydrogen (secondary N) is 1. The molecule has 1 amide bonds. The van der Waals surface area contributed by atoms with Crippen molar-refractivity contribution in [2.24, 2.45) is 5.10 Å². The molecule has 0 aliphatic carbocycles. The standard InChI is InChI=1S/C18H18N2O5/c1-12(13-3-8-16-17(9-13)25-11-24-16)19-20-18(21)10-23-15-6-4-14(22-2)5-7-15/h3-9H,10-11H2,1-2H3,(H,20,21)/b19-12+. The van der Waals surface area contributed by atoms with Crippen molar-refractivity contribution < 1.29 is 23.7 Å². The summed E-state index contributed by atoms with van der Waals surface area (Å²) in [5.74, 6) is 2.32. The van der Waals surface area contributed by atoms with E-state index in [1.165, 1.54) is 0 Å². The van der Waals surface area contributed by atoms with Crippen molar-refractivity contribution in [3.8, 4) is 23.0 Å². The van der Waals surface area contributed by atoms with E-state index in [-0.39, 0.29) is 19.3 Å². The zero-order chi connectivity index (χ0) is 17.6. The number of nitrogens with zero attached hydrogens (tertiary/aromatic N) is 1. The number of benzene rings is 2. The summed E-state index contributed by atoms with van der Waals surface area (Å²) < 4.78 is 21.0. The molecule has 130 valence electrons. The fourth-order valence-corrected chi connectivity index (χ4v) is 2.19. The van der Waals surface area contributed by atoms with Gasteiger partial charge in [0.15, 0.2) is 18.1 Å². The lowest BCUT2D eigenvalue weighted by Crippen LogP contribution is -2.25. The van der Waals surface area contributed by atoms with Crippen molar-refractivity contribution in [3.63, 3.8) is 0 Å². The van der Waals surface area contributed by atoms with Crippen LogP contribution in [-0.2, 0) is 4.79 Å². The average molecular weight is 342 g/mol. The summed E-state index contributed by atoms with van der Waals surface area (Å²) in [6.45, 7) is 1.88. The Morgan fingerprint density at radius 3 is 2.60 bits per heavy atom. The van der Waals surface area contributed by atoms with Crippen LogP contribution in [0.4, 0.5) is 0 Å². The molecule has 0 fully saturated rings. The summed E-state index contributed by atoms with van der Waals surface area (Å²) in [4.78, 5) is 11.8. The van der Waals surface area contributed by atoms with Crippen LogP contribution in [0.1, 0.15) is 12.5 Å². The summed E-state index contributed by atoms with van der Waals surface area (Å²) in [5, 5.41) is 4.08. The highest BCUT2D eigenvalue weighted by atomic mass is 16.7. The number of amides is 1. The minimum atomic E-state index is -0.351. The van der Waals surface area contributed by atoms with Crippen LogP contribution in [0, 0.1) is 0 Å². The lowest BCUT2D eigenvalue weighted by Gasteiger charge is -2.07. The molecular weight excluding hydrogens is 324 g/mol. The van der Waals surface area contributed by atoms with Gasteiger partial charge in [-0.1, -0.05) is 0 Å². The Morgan fingerprint density at radius 1 is 1.12 bits per heavy atom. The monoisotopic (exact) mass is 342 g/mol. The lowest BCUT2D eigenvalue weighted by atomic mass is 10.1. The number of rotatable bonds is 6. The Labute approximate surface area is 145 Å². The first-order valence-corrected chi connectivity index (χ1v) is 7.66. The van der Waals surface area contributed by atoms with Crippen LogP contribution in [-0.4, -0.2) is 32.1 Å². The van der Waals surface area contributed by atoms with Crippen molar-refractivity contribution >= 4 is 11.6 Å². The normalized spacial score (nSPS) is 12.6. The highest BCUT2D eigenvalue weighted by molar-refractivity contribution is 5.99. The predicted molar refractivity (Wildman–Crippen MR) is 91.4 cm³/mol. The number of hydrogen-bond acceptors (Lipinski definition) is 6. The first kappa shape index (κ1) is 16.6. The Hall–Kier alpha value is -3.22. The molecule has 0 saturated carbocycles.